The van der Waals surface area contributed by atoms with Crippen molar-refractivity contribution in [3.63, 3.8) is 0 Å². The Balaban J connectivity index is 1.77. The van der Waals surface area contributed by atoms with Gasteiger partial charge in [-0.1, -0.05) is 12.1 Å². The molecule has 0 saturated carbocycles. The highest BCUT2D eigenvalue weighted by Crippen LogP contribution is 2.30. The van der Waals surface area contributed by atoms with Crippen molar-refractivity contribution in [2.24, 2.45) is 5.92 Å². The van der Waals surface area contributed by atoms with Gasteiger partial charge in [0.25, 0.3) is 0 Å². The van der Waals surface area contributed by atoms with E-state index >= 15 is 0 Å². The van der Waals surface area contributed by atoms with Crippen molar-refractivity contribution in [3.8, 4) is 0 Å². The van der Waals surface area contributed by atoms with Crippen LogP contribution >= 0.6 is 0 Å². The summed E-state index contributed by atoms with van der Waals surface area (Å²) in [5.41, 5.74) is 0.0233. The highest BCUT2D eigenvalue weighted by molar-refractivity contribution is 5.95. The average molecular weight is 431 g/mol. The fraction of sp³-hybridized carbons (Fsp3) is 0.444. The zero-order chi connectivity index (χ0) is 22.2. The van der Waals surface area contributed by atoms with E-state index in [1.54, 1.807) is 6.92 Å². The van der Waals surface area contributed by atoms with Crippen LogP contribution in [0.15, 0.2) is 18.2 Å². The first-order valence-electron chi connectivity index (χ1n) is 9.02. The van der Waals surface area contributed by atoms with Gasteiger partial charge in [-0.2, -0.15) is 13.2 Å². The molecule has 2 aromatic rings. The fourth-order valence-corrected chi connectivity index (χ4v) is 3.05. The second-order valence-corrected chi connectivity index (χ2v) is 7.17. The summed E-state index contributed by atoms with van der Waals surface area (Å²) in [6.45, 7) is 2.63. The number of nitrogens with zero attached hydrogens (tertiary/aromatic N) is 4. The molecule has 0 radical (unpaired) electrons. The largest absolute Gasteiger partial charge is 0.391 e. The van der Waals surface area contributed by atoms with Crippen LogP contribution in [0.5, 0.6) is 0 Å². The number of Topliss-reactive ketones (excluding diaryl/α,β-unsaturated/α-hetero) is 1. The third-order valence-corrected chi connectivity index (χ3v) is 4.87. The Morgan fingerprint density at radius 3 is 2.60 bits per heavy atom. The molecule has 0 fully saturated rings. The molecule has 7 nitrogen and oxygen atoms in total. The van der Waals surface area contributed by atoms with E-state index in [9.17, 15) is 31.5 Å². The normalized spacial score (nSPS) is 17.4. The number of fused-ring (bicyclic) bond motifs is 1. The van der Waals surface area contributed by atoms with Crippen molar-refractivity contribution in [1.82, 2.24) is 19.9 Å². The van der Waals surface area contributed by atoms with Crippen LogP contribution in [0, 0.1) is 17.6 Å². The van der Waals surface area contributed by atoms with Crippen LogP contribution in [0.2, 0.25) is 0 Å². The predicted molar refractivity (Wildman–Crippen MR) is 94.6 cm³/mol. The zero-order valence-electron chi connectivity index (χ0n) is 16.0. The Kier molecular flexibility index (Phi) is 5.77. The summed E-state index contributed by atoms with van der Waals surface area (Å²) < 4.78 is 66.1. The van der Waals surface area contributed by atoms with Crippen LogP contribution in [0.3, 0.4) is 0 Å². The van der Waals surface area contributed by atoms with Gasteiger partial charge in [-0.3, -0.25) is 4.79 Å². The zero-order valence-corrected chi connectivity index (χ0v) is 16.0. The first kappa shape index (κ1) is 21.7. The number of rotatable bonds is 4. The van der Waals surface area contributed by atoms with Gasteiger partial charge >= 0.3 is 12.2 Å². The highest BCUT2D eigenvalue weighted by Gasteiger charge is 2.39. The second-order valence-electron chi connectivity index (χ2n) is 7.17. The number of carbonyl (C=O) groups is 2. The average Bonchev–Trinajstić information content (AvgIpc) is 3.05. The molecule has 2 heterocycles. The first-order chi connectivity index (χ1) is 14.0. The summed E-state index contributed by atoms with van der Waals surface area (Å²) in [5, 5.41) is 9.95. The lowest BCUT2D eigenvalue weighted by atomic mass is 10.0. The van der Waals surface area contributed by atoms with Crippen LogP contribution in [0.1, 0.15) is 36.5 Å². The lowest BCUT2D eigenvalue weighted by molar-refractivity contribution is -0.168. The lowest BCUT2D eigenvalue weighted by Gasteiger charge is -2.33. The molecule has 162 valence electrons. The number of benzene rings is 1. The van der Waals surface area contributed by atoms with Crippen LogP contribution in [0.4, 0.5) is 32.4 Å². The summed E-state index contributed by atoms with van der Waals surface area (Å²) in [6.07, 6.45) is -5.31. The number of ketones is 1. The summed E-state index contributed by atoms with van der Waals surface area (Å²) in [6, 6.07) is 1.82. The Morgan fingerprint density at radius 1 is 1.27 bits per heavy atom. The molecule has 0 aliphatic carbocycles. The van der Waals surface area contributed by atoms with Gasteiger partial charge in [0, 0.05) is 18.2 Å². The molecule has 0 saturated heterocycles. The summed E-state index contributed by atoms with van der Waals surface area (Å²) in [5.74, 6) is -4.87. The van der Waals surface area contributed by atoms with Crippen molar-refractivity contribution in [2.45, 2.75) is 45.6 Å². The van der Waals surface area contributed by atoms with Gasteiger partial charge in [-0.25, -0.2) is 18.3 Å². The standard InChI is InChI=1S/C18H18F5N5O2/c1-9(18(21,22)23)5-15(29)16-14-8-27(10(2)7-28(14)26-25-16)17(30)24-11-3-4-12(19)13(20)6-11/h3-4,6,9-10H,5,7-8H2,1-2H3,(H,24,30)/t9-,10-/m0/s1. The van der Waals surface area contributed by atoms with E-state index < -0.39 is 48.0 Å². The van der Waals surface area contributed by atoms with E-state index in [0.29, 0.717) is 0 Å². The topological polar surface area (TPSA) is 80.1 Å². The van der Waals surface area contributed by atoms with E-state index in [2.05, 4.69) is 15.6 Å². The number of hydrogen-bond acceptors (Lipinski definition) is 4. The summed E-state index contributed by atoms with van der Waals surface area (Å²) in [7, 11) is 0. The molecule has 2 amide bonds. The number of urea groups is 1. The Labute approximate surface area is 167 Å². The number of amides is 2. The SMILES string of the molecule is C[C@H]1Cn2nnc(C(=O)C[C@H](C)C(F)(F)F)c2CN1C(=O)Nc1ccc(F)c(F)c1. The van der Waals surface area contributed by atoms with Crippen molar-refractivity contribution in [2.75, 3.05) is 5.32 Å². The van der Waals surface area contributed by atoms with Gasteiger partial charge in [-0.05, 0) is 19.1 Å². The van der Waals surface area contributed by atoms with Gasteiger partial charge in [0.1, 0.15) is 0 Å². The molecule has 1 aromatic carbocycles. The molecule has 0 unspecified atom stereocenters. The quantitative estimate of drug-likeness (QED) is 0.591. The maximum atomic E-state index is 13.4. The Morgan fingerprint density at radius 2 is 1.97 bits per heavy atom. The van der Waals surface area contributed by atoms with Crippen LogP contribution < -0.4 is 5.32 Å². The summed E-state index contributed by atoms with van der Waals surface area (Å²) in [4.78, 5) is 26.3. The summed E-state index contributed by atoms with van der Waals surface area (Å²) >= 11 is 0. The molecule has 3 rings (SSSR count). The first-order valence-corrected chi connectivity index (χ1v) is 9.02. The van der Waals surface area contributed by atoms with Crippen LogP contribution in [0.25, 0.3) is 0 Å². The maximum absolute atomic E-state index is 13.4. The number of alkyl halides is 3. The maximum Gasteiger partial charge on any atom is 0.391 e. The lowest BCUT2D eigenvalue weighted by Crippen LogP contribution is -2.47. The van der Waals surface area contributed by atoms with E-state index in [1.807, 2.05) is 0 Å². The molecule has 30 heavy (non-hydrogen) atoms. The van der Waals surface area contributed by atoms with E-state index in [1.165, 1.54) is 15.6 Å². The molecule has 1 aliphatic rings. The van der Waals surface area contributed by atoms with Gasteiger partial charge in [0.2, 0.25) is 0 Å². The molecular formula is C18H18F5N5O2. The molecule has 0 bridgehead atoms. The Bertz CT molecular complexity index is 974. The number of aromatic nitrogens is 3. The van der Waals surface area contributed by atoms with Crippen LogP contribution in [-0.2, 0) is 13.1 Å². The van der Waals surface area contributed by atoms with E-state index in [0.717, 1.165) is 19.1 Å². The monoisotopic (exact) mass is 431 g/mol. The van der Waals surface area contributed by atoms with Crippen molar-refractivity contribution < 1.29 is 31.5 Å². The minimum atomic E-state index is -4.52. The van der Waals surface area contributed by atoms with Gasteiger partial charge in [0.05, 0.1) is 30.7 Å². The molecule has 2 atom stereocenters. The smallest absolute Gasteiger partial charge is 0.314 e. The number of nitrogens with one attached hydrogen (secondary N) is 1. The highest BCUT2D eigenvalue weighted by atomic mass is 19.4. The molecule has 0 spiro atoms. The van der Waals surface area contributed by atoms with Gasteiger partial charge in [-0.15, -0.1) is 5.10 Å². The number of hydrogen-bond donors (Lipinski definition) is 1. The van der Waals surface area contributed by atoms with Gasteiger partial charge < -0.3 is 10.2 Å². The van der Waals surface area contributed by atoms with Crippen molar-refractivity contribution in [1.29, 1.82) is 0 Å². The molecule has 12 heteroatoms. The third-order valence-electron chi connectivity index (χ3n) is 4.87. The molecular weight excluding hydrogens is 413 g/mol. The van der Waals surface area contributed by atoms with Crippen LogP contribution in [-0.4, -0.2) is 43.9 Å². The minimum absolute atomic E-state index is 0.0265. The fourth-order valence-electron chi connectivity index (χ4n) is 3.05. The predicted octanol–water partition coefficient (Wildman–Crippen LogP) is 3.76. The van der Waals surface area contributed by atoms with E-state index in [-0.39, 0.29) is 30.2 Å². The second kappa shape index (κ2) is 8.00. The van der Waals surface area contributed by atoms with Crippen molar-refractivity contribution >= 4 is 17.5 Å². The third kappa shape index (κ3) is 4.41. The molecule has 1 N–H and O–H groups in total. The number of anilines is 1. The molecule has 1 aromatic heterocycles. The van der Waals surface area contributed by atoms with Gasteiger partial charge in [0.15, 0.2) is 23.1 Å². The molecule has 1 aliphatic heterocycles. The minimum Gasteiger partial charge on any atom is -0.314 e. The number of carbonyl (C=O) groups excluding carboxylic acids is 2. The van der Waals surface area contributed by atoms with Crippen molar-refractivity contribution in [3.05, 3.63) is 41.2 Å². The number of halogens is 5. The van der Waals surface area contributed by atoms with E-state index in [4.69, 9.17) is 0 Å². The Hall–Kier alpha value is -3.05.